The minimum atomic E-state index is -1.47. The molecule has 0 aliphatic rings. The summed E-state index contributed by atoms with van der Waals surface area (Å²) in [5.41, 5.74) is 5.93. The van der Waals surface area contributed by atoms with E-state index in [1.807, 2.05) is 0 Å². The summed E-state index contributed by atoms with van der Waals surface area (Å²) in [7, 11) is 0. The fraction of sp³-hybridized carbons (Fsp3) is 0.308. The molecule has 3 N–H and O–H groups in total. The van der Waals surface area contributed by atoms with Crippen LogP contribution in [0, 0.1) is 0 Å². The quantitative estimate of drug-likeness (QED) is 0.434. The number of hydrogen-bond donors (Lipinski definition) is 2. The van der Waals surface area contributed by atoms with Gasteiger partial charge in [-0.15, -0.1) is 0 Å². The largest absolute Gasteiger partial charge is 0.452 e. The monoisotopic (exact) mass is 281 g/mol. The molecule has 0 saturated carbocycles. The van der Waals surface area contributed by atoms with Crippen molar-refractivity contribution in [1.29, 1.82) is 0 Å². The van der Waals surface area contributed by atoms with Crippen LogP contribution >= 0.6 is 0 Å². The van der Waals surface area contributed by atoms with Crippen molar-refractivity contribution in [2.75, 3.05) is 0 Å². The second-order valence-corrected chi connectivity index (χ2v) is 4.04. The highest BCUT2D eigenvalue weighted by Gasteiger charge is 2.27. The molecule has 0 spiro atoms. The number of nitrogens with two attached hydrogens (primary N) is 1. The van der Waals surface area contributed by atoms with Crippen LogP contribution in [0.15, 0.2) is 30.3 Å². The van der Waals surface area contributed by atoms with Crippen LogP contribution in [0.4, 0.5) is 0 Å². The maximum Gasteiger partial charge on any atom is 0.425 e. The molecular formula is C13H15NO6. The van der Waals surface area contributed by atoms with Crippen molar-refractivity contribution >= 4 is 17.9 Å². The molecule has 1 rings (SSSR count). The van der Waals surface area contributed by atoms with Crippen molar-refractivity contribution in [2.45, 2.75) is 25.7 Å². The maximum atomic E-state index is 11.3. The molecule has 0 aromatic heterocycles. The van der Waals surface area contributed by atoms with Gasteiger partial charge in [-0.2, -0.15) is 0 Å². The van der Waals surface area contributed by atoms with E-state index in [1.54, 1.807) is 30.3 Å². The summed E-state index contributed by atoms with van der Waals surface area (Å²) < 4.78 is 8.85. The average molecular weight is 281 g/mol. The first kappa shape index (κ1) is 15.8. The Morgan fingerprint density at radius 1 is 1.20 bits per heavy atom. The topological polar surface area (TPSA) is 116 Å². The molecule has 0 radical (unpaired) electrons. The fourth-order valence-electron chi connectivity index (χ4n) is 1.18. The minimum absolute atomic E-state index is 0.120. The van der Waals surface area contributed by atoms with Gasteiger partial charge in [0.2, 0.25) is 0 Å². The highest BCUT2D eigenvalue weighted by Crippen LogP contribution is 2.01. The number of aliphatic hydroxyl groups is 1. The van der Waals surface area contributed by atoms with Crippen LogP contribution < -0.4 is 5.73 Å². The molecule has 7 heteroatoms. The molecule has 0 aliphatic carbocycles. The first-order valence-corrected chi connectivity index (χ1v) is 5.82. The van der Waals surface area contributed by atoms with Gasteiger partial charge in [-0.25, -0.2) is 14.4 Å². The highest BCUT2D eigenvalue weighted by molar-refractivity contribution is 6.31. The van der Waals surface area contributed by atoms with Crippen LogP contribution in [0.3, 0.4) is 0 Å². The second-order valence-electron chi connectivity index (χ2n) is 4.04. The summed E-state index contributed by atoms with van der Waals surface area (Å²) in [5, 5.41) is 9.04. The zero-order valence-electron chi connectivity index (χ0n) is 10.8. The van der Waals surface area contributed by atoms with E-state index in [9.17, 15) is 14.4 Å². The lowest BCUT2D eigenvalue weighted by Gasteiger charge is -2.12. The first-order chi connectivity index (χ1) is 9.41. The zero-order chi connectivity index (χ0) is 15.1. The van der Waals surface area contributed by atoms with Crippen molar-refractivity contribution in [2.24, 2.45) is 5.73 Å². The molecule has 1 aromatic carbocycles. The first-order valence-electron chi connectivity index (χ1n) is 5.82. The average Bonchev–Trinajstić information content (AvgIpc) is 2.44. The summed E-state index contributed by atoms with van der Waals surface area (Å²) in [6.07, 6.45) is -1.20. The normalized spacial score (nSPS) is 13.2. The lowest BCUT2D eigenvalue weighted by atomic mass is 10.2. The van der Waals surface area contributed by atoms with Crippen molar-refractivity contribution in [1.82, 2.24) is 0 Å². The number of aliphatic hydroxyl groups excluding tert-OH is 1. The van der Waals surface area contributed by atoms with E-state index < -0.39 is 30.1 Å². The summed E-state index contributed by atoms with van der Waals surface area (Å²) in [6, 6.07) is 7.27. The smallest absolute Gasteiger partial charge is 0.425 e. The SMILES string of the molecule is C[C@@H](O)[C@H](N)C(=O)OC(=O)C(=O)OCc1ccccc1. The van der Waals surface area contributed by atoms with Gasteiger partial charge < -0.3 is 20.3 Å². The van der Waals surface area contributed by atoms with E-state index in [0.29, 0.717) is 5.56 Å². The highest BCUT2D eigenvalue weighted by atomic mass is 16.6. The number of hydrogen-bond acceptors (Lipinski definition) is 7. The van der Waals surface area contributed by atoms with Gasteiger partial charge in [0.05, 0.1) is 6.10 Å². The molecule has 0 fully saturated rings. The molecule has 0 bridgehead atoms. The number of rotatable bonds is 4. The van der Waals surface area contributed by atoms with Gasteiger partial charge in [-0.3, -0.25) is 0 Å². The van der Waals surface area contributed by atoms with Crippen LogP contribution in [0.2, 0.25) is 0 Å². The molecule has 0 aliphatic heterocycles. The van der Waals surface area contributed by atoms with Crippen molar-refractivity contribution in [3.8, 4) is 0 Å². The van der Waals surface area contributed by atoms with Gasteiger partial charge in [-0.05, 0) is 12.5 Å². The van der Waals surface area contributed by atoms with Crippen molar-refractivity contribution in [3.05, 3.63) is 35.9 Å². The fourth-order valence-corrected chi connectivity index (χ4v) is 1.18. The molecule has 7 nitrogen and oxygen atoms in total. The summed E-state index contributed by atoms with van der Waals surface area (Å²) >= 11 is 0. The summed E-state index contributed by atoms with van der Waals surface area (Å²) in [4.78, 5) is 33.8. The third-order valence-corrected chi connectivity index (χ3v) is 2.36. The predicted octanol–water partition coefficient (Wildman–Crippen LogP) is -0.492. The van der Waals surface area contributed by atoms with Gasteiger partial charge in [0.25, 0.3) is 0 Å². The van der Waals surface area contributed by atoms with Crippen LogP contribution in [-0.4, -0.2) is 35.2 Å². The molecule has 2 atom stereocenters. The second kappa shape index (κ2) is 7.37. The van der Waals surface area contributed by atoms with Crippen molar-refractivity contribution < 1.29 is 29.0 Å². The molecule has 0 heterocycles. The Hall–Kier alpha value is -2.25. The Bertz CT molecular complexity index is 485. The molecule has 0 unspecified atom stereocenters. The number of benzene rings is 1. The number of carbonyl (C=O) groups excluding carboxylic acids is 3. The van der Waals surface area contributed by atoms with Crippen LogP contribution in [0.5, 0.6) is 0 Å². The number of ether oxygens (including phenoxy) is 2. The number of carbonyl (C=O) groups is 3. The van der Waals surface area contributed by atoms with Crippen LogP contribution in [-0.2, 0) is 30.5 Å². The third kappa shape index (κ3) is 4.79. The molecule has 20 heavy (non-hydrogen) atoms. The standard InChI is InChI=1S/C13H15NO6/c1-8(15)10(14)11(16)20-13(18)12(17)19-7-9-5-3-2-4-6-9/h2-6,8,10,15H,7,14H2,1H3/t8-,10+/m1/s1. The molecule has 0 saturated heterocycles. The van der Waals surface area contributed by atoms with Gasteiger partial charge in [-0.1, -0.05) is 30.3 Å². The Balaban J connectivity index is 2.44. The van der Waals surface area contributed by atoms with E-state index in [1.165, 1.54) is 6.92 Å². The van der Waals surface area contributed by atoms with E-state index in [-0.39, 0.29) is 6.61 Å². The van der Waals surface area contributed by atoms with E-state index >= 15 is 0 Å². The minimum Gasteiger partial charge on any atom is -0.452 e. The Morgan fingerprint density at radius 2 is 1.80 bits per heavy atom. The summed E-state index contributed by atoms with van der Waals surface area (Å²) in [6.45, 7) is 1.13. The van der Waals surface area contributed by atoms with E-state index in [0.717, 1.165) is 0 Å². The Morgan fingerprint density at radius 3 is 2.35 bits per heavy atom. The van der Waals surface area contributed by atoms with Gasteiger partial charge >= 0.3 is 17.9 Å². The molecule has 0 amide bonds. The zero-order valence-corrected chi connectivity index (χ0v) is 10.8. The van der Waals surface area contributed by atoms with E-state index in [2.05, 4.69) is 9.47 Å². The van der Waals surface area contributed by atoms with Gasteiger partial charge in [0.1, 0.15) is 12.6 Å². The third-order valence-electron chi connectivity index (χ3n) is 2.36. The van der Waals surface area contributed by atoms with Gasteiger partial charge in [0.15, 0.2) is 0 Å². The van der Waals surface area contributed by atoms with E-state index in [4.69, 9.17) is 10.8 Å². The lowest BCUT2D eigenvalue weighted by Crippen LogP contribution is -2.43. The molecule has 1 aromatic rings. The van der Waals surface area contributed by atoms with Crippen molar-refractivity contribution in [3.63, 3.8) is 0 Å². The number of esters is 3. The molecular weight excluding hydrogens is 266 g/mol. The summed E-state index contributed by atoms with van der Waals surface area (Å²) in [5.74, 6) is -3.97. The Labute approximate surface area is 115 Å². The molecule has 108 valence electrons. The predicted molar refractivity (Wildman–Crippen MR) is 67.0 cm³/mol. The maximum absolute atomic E-state index is 11.3. The van der Waals surface area contributed by atoms with Crippen LogP contribution in [0.1, 0.15) is 12.5 Å². The lowest BCUT2D eigenvalue weighted by molar-refractivity contribution is -0.175. The Kier molecular flexibility index (Phi) is 5.82. The van der Waals surface area contributed by atoms with Gasteiger partial charge in [0, 0.05) is 0 Å². The van der Waals surface area contributed by atoms with Crippen LogP contribution in [0.25, 0.3) is 0 Å².